The smallest absolute Gasteiger partial charge is 0.276 e. The molecule has 17 heavy (non-hydrogen) atoms. The number of hydrogen-bond donors (Lipinski definition) is 2. The zero-order valence-corrected chi connectivity index (χ0v) is 10.5. The molecule has 6 nitrogen and oxygen atoms in total. The van der Waals surface area contributed by atoms with E-state index in [9.17, 15) is 4.79 Å². The second-order valence-corrected chi connectivity index (χ2v) is 4.48. The highest BCUT2D eigenvalue weighted by molar-refractivity contribution is 7.13. The van der Waals surface area contributed by atoms with Gasteiger partial charge in [-0.25, -0.2) is 15.0 Å². The molecule has 3 N–H and O–H groups in total. The minimum atomic E-state index is -0.463. The standard InChI is InChI=1S/C8H5Cl2N5OS/c9-4-5(10)12-2-13-6(4)15-7(16)3-1-17-8(11)14-3/h1-2H,(H2,11,14)(H,12,13,15,16). The topological polar surface area (TPSA) is 93.8 Å². The highest BCUT2D eigenvalue weighted by atomic mass is 35.5. The van der Waals surface area contributed by atoms with Crippen molar-refractivity contribution in [3.63, 3.8) is 0 Å². The average molecular weight is 290 g/mol. The van der Waals surface area contributed by atoms with Crippen molar-refractivity contribution in [2.24, 2.45) is 0 Å². The van der Waals surface area contributed by atoms with Crippen molar-refractivity contribution in [2.45, 2.75) is 0 Å². The van der Waals surface area contributed by atoms with E-state index in [0.29, 0.717) is 5.13 Å². The Kier molecular flexibility index (Phi) is 3.41. The Balaban J connectivity index is 2.21. The second-order valence-electron chi connectivity index (χ2n) is 2.85. The molecule has 0 aliphatic heterocycles. The molecule has 88 valence electrons. The van der Waals surface area contributed by atoms with Gasteiger partial charge in [-0.3, -0.25) is 4.79 Å². The highest BCUT2D eigenvalue weighted by Gasteiger charge is 2.14. The maximum absolute atomic E-state index is 11.7. The first kappa shape index (κ1) is 12.0. The molecule has 0 spiro atoms. The average Bonchev–Trinajstić information content (AvgIpc) is 2.72. The first-order chi connectivity index (χ1) is 8.08. The molecule has 2 aromatic rings. The molecule has 0 aromatic carbocycles. The van der Waals surface area contributed by atoms with Crippen molar-refractivity contribution < 1.29 is 4.79 Å². The van der Waals surface area contributed by atoms with Crippen LogP contribution in [0.3, 0.4) is 0 Å². The third kappa shape index (κ3) is 2.63. The maximum atomic E-state index is 11.7. The van der Waals surface area contributed by atoms with Crippen molar-refractivity contribution in [2.75, 3.05) is 11.1 Å². The summed E-state index contributed by atoms with van der Waals surface area (Å²) in [6, 6.07) is 0. The van der Waals surface area contributed by atoms with Gasteiger partial charge in [-0.1, -0.05) is 23.2 Å². The molecule has 0 saturated carbocycles. The van der Waals surface area contributed by atoms with E-state index in [1.54, 1.807) is 0 Å². The summed E-state index contributed by atoms with van der Waals surface area (Å²) in [5.41, 5.74) is 5.61. The molecule has 0 fully saturated rings. The van der Waals surface area contributed by atoms with Gasteiger partial charge in [-0.15, -0.1) is 11.3 Å². The minimum absolute atomic E-state index is 0.0646. The number of nitrogens with one attached hydrogen (secondary N) is 1. The quantitative estimate of drug-likeness (QED) is 0.826. The van der Waals surface area contributed by atoms with Crippen molar-refractivity contribution in [1.29, 1.82) is 0 Å². The molecular formula is C8H5Cl2N5OS. The molecule has 2 aromatic heterocycles. The van der Waals surface area contributed by atoms with Gasteiger partial charge < -0.3 is 11.1 Å². The lowest BCUT2D eigenvalue weighted by atomic mass is 10.4. The summed E-state index contributed by atoms with van der Waals surface area (Å²) >= 11 is 12.7. The number of nitrogens with two attached hydrogens (primary N) is 1. The van der Waals surface area contributed by atoms with E-state index < -0.39 is 5.91 Å². The lowest BCUT2D eigenvalue weighted by Gasteiger charge is -2.04. The molecule has 0 bridgehead atoms. The lowest BCUT2D eigenvalue weighted by Crippen LogP contribution is -2.14. The number of anilines is 2. The first-order valence-electron chi connectivity index (χ1n) is 4.26. The van der Waals surface area contributed by atoms with Crippen LogP contribution in [0, 0.1) is 0 Å². The van der Waals surface area contributed by atoms with Crippen molar-refractivity contribution in [1.82, 2.24) is 15.0 Å². The van der Waals surface area contributed by atoms with Gasteiger partial charge in [0.1, 0.15) is 17.0 Å². The van der Waals surface area contributed by atoms with Crippen LogP contribution in [0.4, 0.5) is 10.9 Å². The zero-order chi connectivity index (χ0) is 12.4. The number of carbonyl (C=O) groups is 1. The predicted molar refractivity (Wildman–Crippen MR) is 66.5 cm³/mol. The number of carbonyl (C=O) groups excluding carboxylic acids is 1. The van der Waals surface area contributed by atoms with Gasteiger partial charge in [0.05, 0.1) is 0 Å². The molecule has 0 aliphatic rings. The predicted octanol–water partition coefficient (Wildman–Crippen LogP) is 2.07. The van der Waals surface area contributed by atoms with Gasteiger partial charge in [-0.05, 0) is 0 Å². The number of rotatable bonds is 2. The van der Waals surface area contributed by atoms with Crippen molar-refractivity contribution in [3.8, 4) is 0 Å². The number of halogens is 2. The summed E-state index contributed by atoms with van der Waals surface area (Å²) < 4.78 is 0. The molecule has 1 amide bonds. The van der Waals surface area contributed by atoms with Crippen LogP contribution in [0.25, 0.3) is 0 Å². The molecule has 2 heterocycles. The molecule has 0 radical (unpaired) electrons. The second kappa shape index (κ2) is 4.82. The van der Waals surface area contributed by atoms with Gasteiger partial charge in [0, 0.05) is 5.38 Å². The summed E-state index contributed by atoms with van der Waals surface area (Å²) in [4.78, 5) is 23.0. The van der Waals surface area contributed by atoms with E-state index >= 15 is 0 Å². The molecule has 9 heteroatoms. The minimum Gasteiger partial charge on any atom is -0.375 e. The highest BCUT2D eigenvalue weighted by Crippen LogP contribution is 2.25. The summed E-state index contributed by atoms with van der Waals surface area (Å²) in [5, 5.41) is 4.44. The van der Waals surface area contributed by atoms with Crippen LogP contribution in [0.1, 0.15) is 10.5 Å². The molecule has 0 atom stereocenters. The van der Waals surface area contributed by atoms with Crippen molar-refractivity contribution in [3.05, 3.63) is 27.6 Å². The van der Waals surface area contributed by atoms with E-state index in [1.165, 1.54) is 11.7 Å². The summed E-state index contributed by atoms with van der Waals surface area (Å²) in [6.07, 6.45) is 1.19. The number of aromatic nitrogens is 3. The van der Waals surface area contributed by atoms with Gasteiger partial charge in [0.15, 0.2) is 16.1 Å². The number of nitrogens with zero attached hydrogens (tertiary/aromatic N) is 3. The SMILES string of the molecule is Nc1nc(C(=O)Nc2ncnc(Cl)c2Cl)cs1. The molecule has 0 saturated heterocycles. The van der Waals surface area contributed by atoms with Crippen molar-refractivity contribution >= 4 is 51.4 Å². The Labute approximate surface area is 110 Å². The Morgan fingerprint density at radius 3 is 2.82 bits per heavy atom. The van der Waals surface area contributed by atoms with E-state index in [4.69, 9.17) is 28.9 Å². The lowest BCUT2D eigenvalue weighted by molar-refractivity contribution is 0.102. The number of thiazole rings is 1. The Morgan fingerprint density at radius 2 is 2.18 bits per heavy atom. The summed E-state index contributed by atoms with van der Waals surface area (Å²) in [5.74, 6) is -0.335. The fraction of sp³-hybridized carbons (Fsp3) is 0. The third-order valence-corrected chi connectivity index (χ3v) is 3.15. The Morgan fingerprint density at radius 1 is 1.41 bits per heavy atom. The molecule has 2 rings (SSSR count). The van der Waals surface area contributed by atoms with Gasteiger partial charge >= 0.3 is 0 Å². The fourth-order valence-electron chi connectivity index (χ4n) is 0.999. The third-order valence-electron chi connectivity index (χ3n) is 1.73. The van der Waals surface area contributed by atoms with Crippen LogP contribution in [-0.4, -0.2) is 20.9 Å². The maximum Gasteiger partial charge on any atom is 0.276 e. The molecular weight excluding hydrogens is 285 g/mol. The van der Waals surface area contributed by atoms with E-state index in [0.717, 1.165) is 11.3 Å². The first-order valence-corrected chi connectivity index (χ1v) is 5.90. The monoisotopic (exact) mass is 289 g/mol. The normalized spacial score (nSPS) is 10.2. The van der Waals surface area contributed by atoms with Crippen LogP contribution < -0.4 is 11.1 Å². The van der Waals surface area contributed by atoms with Gasteiger partial charge in [0.2, 0.25) is 0 Å². The van der Waals surface area contributed by atoms with Gasteiger partial charge in [0.25, 0.3) is 5.91 Å². The van der Waals surface area contributed by atoms with Crippen LogP contribution in [0.5, 0.6) is 0 Å². The summed E-state index contributed by atoms with van der Waals surface area (Å²) in [6.45, 7) is 0. The summed E-state index contributed by atoms with van der Waals surface area (Å²) in [7, 11) is 0. The van der Waals surface area contributed by atoms with Crippen LogP contribution in [0.2, 0.25) is 10.2 Å². The number of nitrogen functional groups attached to an aromatic ring is 1. The van der Waals surface area contributed by atoms with Crippen LogP contribution in [0.15, 0.2) is 11.7 Å². The largest absolute Gasteiger partial charge is 0.375 e. The van der Waals surface area contributed by atoms with E-state index in [2.05, 4.69) is 20.3 Å². The Hall–Kier alpha value is -1.44. The van der Waals surface area contributed by atoms with Crippen LogP contribution in [-0.2, 0) is 0 Å². The zero-order valence-electron chi connectivity index (χ0n) is 8.15. The number of hydrogen-bond acceptors (Lipinski definition) is 6. The fourth-order valence-corrected chi connectivity index (χ4v) is 1.82. The Bertz CT molecular complexity index is 573. The van der Waals surface area contributed by atoms with E-state index in [-0.39, 0.29) is 21.7 Å². The van der Waals surface area contributed by atoms with E-state index in [1.807, 2.05) is 0 Å². The molecule has 0 aliphatic carbocycles. The van der Waals surface area contributed by atoms with Gasteiger partial charge in [-0.2, -0.15) is 0 Å². The molecule has 0 unspecified atom stereocenters. The number of amides is 1. The van der Waals surface area contributed by atoms with Crippen LogP contribution >= 0.6 is 34.5 Å².